The predicted octanol–water partition coefficient (Wildman–Crippen LogP) is 2.81. The molecule has 7 heteroatoms. The van der Waals surface area contributed by atoms with Crippen molar-refractivity contribution in [3.05, 3.63) is 66.1 Å². The number of aromatic amines is 1. The third kappa shape index (κ3) is 3.55. The Morgan fingerprint density at radius 1 is 1.00 bits per heavy atom. The normalized spacial score (nSPS) is 14.3. The molecule has 0 radical (unpaired) electrons. The van der Waals surface area contributed by atoms with Crippen molar-refractivity contribution in [3.8, 4) is 0 Å². The third-order valence-electron chi connectivity index (χ3n) is 4.96. The van der Waals surface area contributed by atoms with E-state index in [4.69, 9.17) is 4.74 Å². The molecular weight excluding hydrogens is 361 g/mol. The fourth-order valence-corrected chi connectivity index (χ4v) is 3.44. The molecule has 1 saturated heterocycles. The van der Waals surface area contributed by atoms with E-state index < -0.39 is 5.97 Å². The Labute approximate surface area is 161 Å². The molecule has 1 N–H and O–H groups in total. The van der Waals surface area contributed by atoms with Crippen LogP contribution in [0.5, 0.6) is 0 Å². The highest BCUT2D eigenvalue weighted by atomic mass is 19.1. The molecule has 1 amide bonds. The highest BCUT2D eigenvalue weighted by Gasteiger charge is 2.24. The molecular formula is C21H20FN3O3. The number of rotatable bonds is 4. The lowest BCUT2D eigenvalue weighted by Gasteiger charge is -2.36. The maximum Gasteiger partial charge on any atom is 0.340 e. The standard InChI is InChI=1S/C21H20FN3O3/c22-17-6-2-4-8-19(17)24-9-11-25(12-10-24)20(26)14-28-21(27)16-13-23-18-7-3-1-5-15(16)18/h1-8,13,23H,9-12,14H2. The van der Waals surface area contributed by atoms with Gasteiger partial charge in [0.25, 0.3) is 5.91 Å². The second-order valence-electron chi connectivity index (χ2n) is 6.64. The molecule has 1 aromatic heterocycles. The number of nitrogens with zero attached hydrogens (tertiary/aromatic N) is 2. The van der Waals surface area contributed by atoms with Crippen molar-refractivity contribution >= 4 is 28.5 Å². The van der Waals surface area contributed by atoms with Gasteiger partial charge < -0.3 is 19.5 Å². The molecule has 0 atom stereocenters. The van der Waals surface area contributed by atoms with Crippen molar-refractivity contribution < 1.29 is 18.7 Å². The van der Waals surface area contributed by atoms with Gasteiger partial charge in [0.1, 0.15) is 5.82 Å². The van der Waals surface area contributed by atoms with Gasteiger partial charge in [-0.2, -0.15) is 0 Å². The monoisotopic (exact) mass is 381 g/mol. The summed E-state index contributed by atoms with van der Waals surface area (Å²) in [5.41, 5.74) is 1.79. The topological polar surface area (TPSA) is 65.6 Å². The number of para-hydroxylation sites is 2. The number of carbonyl (C=O) groups excluding carboxylic acids is 2. The van der Waals surface area contributed by atoms with E-state index in [9.17, 15) is 14.0 Å². The van der Waals surface area contributed by atoms with Gasteiger partial charge in [-0.25, -0.2) is 9.18 Å². The summed E-state index contributed by atoms with van der Waals surface area (Å²) in [5.74, 6) is -1.05. The predicted molar refractivity (Wildman–Crippen MR) is 104 cm³/mol. The number of piperazine rings is 1. The van der Waals surface area contributed by atoms with Crippen LogP contribution in [0.1, 0.15) is 10.4 Å². The zero-order valence-corrected chi connectivity index (χ0v) is 15.2. The van der Waals surface area contributed by atoms with E-state index in [1.54, 1.807) is 29.3 Å². The van der Waals surface area contributed by atoms with Gasteiger partial charge in [-0.15, -0.1) is 0 Å². The number of aromatic nitrogens is 1. The maximum atomic E-state index is 13.9. The fourth-order valence-electron chi connectivity index (χ4n) is 3.44. The minimum atomic E-state index is -0.532. The summed E-state index contributed by atoms with van der Waals surface area (Å²) in [4.78, 5) is 31.3. The van der Waals surface area contributed by atoms with Crippen LogP contribution in [0.15, 0.2) is 54.7 Å². The van der Waals surface area contributed by atoms with Crippen LogP contribution < -0.4 is 4.90 Å². The molecule has 1 aliphatic heterocycles. The Hall–Kier alpha value is -3.35. The van der Waals surface area contributed by atoms with Crippen molar-refractivity contribution in [2.45, 2.75) is 0 Å². The average molecular weight is 381 g/mol. The first-order valence-corrected chi connectivity index (χ1v) is 9.14. The molecule has 0 saturated carbocycles. The van der Waals surface area contributed by atoms with E-state index in [0.29, 0.717) is 37.4 Å². The first-order chi connectivity index (χ1) is 13.6. The van der Waals surface area contributed by atoms with E-state index in [1.165, 1.54) is 6.07 Å². The largest absolute Gasteiger partial charge is 0.452 e. The molecule has 6 nitrogen and oxygen atoms in total. The minimum absolute atomic E-state index is 0.249. The van der Waals surface area contributed by atoms with Crippen molar-refractivity contribution in [2.75, 3.05) is 37.7 Å². The Bertz CT molecular complexity index is 1010. The van der Waals surface area contributed by atoms with Crippen LogP contribution in [0.25, 0.3) is 10.9 Å². The zero-order valence-electron chi connectivity index (χ0n) is 15.2. The molecule has 0 spiro atoms. The summed E-state index contributed by atoms with van der Waals surface area (Å²) < 4.78 is 19.1. The van der Waals surface area contributed by atoms with Gasteiger partial charge in [0, 0.05) is 43.3 Å². The highest BCUT2D eigenvalue weighted by Crippen LogP contribution is 2.21. The van der Waals surface area contributed by atoms with Crippen LogP contribution in [0.2, 0.25) is 0 Å². The lowest BCUT2D eigenvalue weighted by atomic mass is 10.2. The van der Waals surface area contributed by atoms with Crippen LogP contribution in [-0.2, 0) is 9.53 Å². The second-order valence-corrected chi connectivity index (χ2v) is 6.64. The fraction of sp³-hybridized carbons (Fsp3) is 0.238. The maximum absolute atomic E-state index is 13.9. The van der Waals surface area contributed by atoms with Crippen molar-refractivity contribution in [1.29, 1.82) is 0 Å². The summed E-state index contributed by atoms with van der Waals surface area (Å²) >= 11 is 0. The molecule has 0 aliphatic carbocycles. The molecule has 0 bridgehead atoms. The van der Waals surface area contributed by atoms with Gasteiger partial charge in [0.2, 0.25) is 0 Å². The first-order valence-electron chi connectivity index (χ1n) is 9.14. The van der Waals surface area contributed by atoms with Gasteiger partial charge in [-0.1, -0.05) is 30.3 Å². The van der Waals surface area contributed by atoms with Crippen LogP contribution in [0.3, 0.4) is 0 Å². The number of carbonyl (C=O) groups is 2. The van der Waals surface area contributed by atoms with E-state index in [2.05, 4.69) is 4.98 Å². The summed E-state index contributed by atoms with van der Waals surface area (Å²) in [6.45, 7) is 1.67. The number of esters is 1. The zero-order chi connectivity index (χ0) is 19.5. The molecule has 2 heterocycles. The molecule has 1 aliphatic rings. The molecule has 2 aromatic carbocycles. The molecule has 28 heavy (non-hydrogen) atoms. The smallest absolute Gasteiger partial charge is 0.340 e. The van der Waals surface area contributed by atoms with E-state index >= 15 is 0 Å². The number of ether oxygens (including phenoxy) is 1. The van der Waals surface area contributed by atoms with Gasteiger partial charge >= 0.3 is 5.97 Å². The number of hydrogen-bond acceptors (Lipinski definition) is 4. The Morgan fingerprint density at radius 3 is 2.50 bits per heavy atom. The second kappa shape index (κ2) is 7.72. The minimum Gasteiger partial charge on any atom is -0.452 e. The number of H-pyrrole nitrogens is 1. The summed E-state index contributed by atoms with van der Waals surface area (Å²) in [6.07, 6.45) is 1.59. The third-order valence-corrected chi connectivity index (χ3v) is 4.96. The van der Waals surface area contributed by atoms with Crippen molar-refractivity contribution in [1.82, 2.24) is 9.88 Å². The lowest BCUT2D eigenvalue weighted by molar-refractivity contribution is -0.134. The van der Waals surface area contributed by atoms with E-state index in [0.717, 1.165) is 10.9 Å². The molecule has 4 rings (SSSR count). The van der Waals surface area contributed by atoms with E-state index in [1.807, 2.05) is 29.2 Å². The number of benzene rings is 2. The van der Waals surface area contributed by atoms with Crippen LogP contribution in [-0.4, -0.2) is 54.5 Å². The SMILES string of the molecule is O=C(OCC(=O)N1CCN(c2ccccc2F)CC1)c1c[nH]c2ccccc12. The Balaban J connectivity index is 1.31. The average Bonchev–Trinajstić information content (AvgIpc) is 3.16. The number of fused-ring (bicyclic) bond motifs is 1. The quantitative estimate of drug-likeness (QED) is 0.706. The van der Waals surface area contributed by atoms with Gasteiger partial charge in [0.15, 0.2) is 6.61 Å². The number of halogens is 1. The van der Waals surface area contributed by atoms with Gasteiger partial charge in [-0.05, 0) is 18.2 Å². The Kier molecular flexibility index (Phi) is 4.97. The van der Waals surface area contributed by atoms with Crippen LogP contribution in [0.4, 0.5) is 10.1 Å². The van der Waals surface area contributed by atoms with Crippen molar-refractivity contribution in [2.24, 2.45) is 0 Å². The summed E-state index contributed by atoms with van der Waals surface area (Å²) in [7, 11) is 0. The van der Waals surface area contributed by atoms with Crippen molar-refractivity contribution in [3.63, 3.8) is 0 Å². The Morgan fingerprint density at radius 2 is 1.71 bits per heavy atom. The van der Waals surface area contributed by atoms with Gasteiger partial charge in [-0.3, -0.25) is 4.79 Å². The highest BCUT2D eigenvalue weighted by molar-refractivity contribution is 6.04. The summed E-state index contributed by atoms with van der Waals surface area (Å²) in [6, 6.07) is 14.0. The van der Waals surface area contributed by atoms with Crippen LogP contribution >= 0.6 is 0 Å². The number of anilines is 1. The number of amides is 1. The lowest BCUT2D eigenvalue weighted by Crippen LogP contribution is -2.50. The molecule has 3 aromatic rings. The van der Waals surface area contributed by atoms with Crippen LogP contribution in [0, 0.1) is 5.82 Å². The first kappa shape index (κ1) is 18.0. The molecule has 0 unspecified atom stereocenters. The van der Waals surface area contributed by atoms with E-state index in [-0.39, 0.29) is 18.3 Å². The molecule has 1 fully saturated rings. The summed E-state index contributed by atoms with van der Waals surface area (Å²) in [5, 5.41) is 0.762. The number of hydrogen-bond donors (Lipinski definition) is 1. The number of nitrogens with one attached hydrogen (secondary N) is 1. The molecule has 144 valence electrons. The van der Waals surface area contributed by atoms with Gasteiger partial charge in [0.05, 0.1) is 11.3 Å².